The minimum atomic E-state index is -0.158. The first kappa shape index (κ1) is 18.6. The van der Waals surface area contributed by atoms with Crippen molar-refractivity contribution in [1.82, 2.24) is 10.3 Å². The lowest BCUT2D eigenvalue weighted by atomic mass is 10.1. The number of hydrogen-bond donors (Lipinski definition) is 2. The Bertz CT molecular complexity index is 739. The molecule has 0 saturated carbocycles. The first-order valence-electron chi connectivity index (χ1n) is 8.06. The highest BCUT2D eigenvalue weighted by Crippen LogP contribution is 2.27. The molecule has 0 radical (unpaired) electrons. The highest BCUT2D eigenvalue weighted by molar-refractivity contribution is 5.94. The van der Waals surface area contributed by atoms with Crippen LogP contribution in [0, 0.1) is 0 Å². The molecule has 0 unspecified atom stereocenters. The Morgan fingerprint density at radius 3 is 2.44 bits per heavy atom. The van der Waals surface area contributed by atoms with E-state index in [0.717, 1.165) is 5.56 Å². The van der Waals surface area contributed by atoms with Gasteiger partial charge >= 0.3 is 0 Å². The van der Waals surface area contributed by atoms with Crippen molar-refractivity contribution >= 4 is 11.7 Å². The Morgan fingerprint density at radius 1 is 1.08 bits per heavy atom. The van der Waals surface area contributed by atoms with Gasteiger partial charge in [0.1, 0.15) is 5.82 Å². The molecule has 1 aromatic heterocycles. The number of benzene rings is 1. The smallest absolute Gasteiger partial charge is 0.251 e. The summed E-state index contributed by atoms with van der Waals surface area (Å²) in [6.07, 6.45) is 1.62. The predicted octanol–water partition coefficient (Wildman–Crippen LogP) is 3.24. The second-order valence-electron chi connectivity index (χ2n) is 6.68. The molecule has 1 heterocycles. The molecule has 2 N–H and O–H groups in total. The van der Waals surface area contributed by atoms with E-state index in [0.29, 0.717) is 29.4 Å². The van der Waals surface area contributed by atoms with Gasteiger partial charge < -0.3 is 20.1 Å². The summed E-state index contributed by atoms with van der Waals surface area (Å²) in [5, 5.41) is 6.16. The number of carbonyl (C=O) groups is 1. The van der Waals surface area contributed by atoms with E-state index in [-0.39, 0.29) is 11.4 Å². The maximum atomic E-state index is 12.4. The molecule has 0 aliphatic heterocycles. The first-order valence-corrected chi connectivity index (χ1v) is 8.06. The summed E-state index contributed by atoms with van der Waals surface area (Å²) in [4.78, 5) is 16.6. The molecule has 0 fully saturated rings. The van der Waals surface area contributed by atoms with Crippen LogP contribution in [-0.4, -0.2) is 30.6 Å². The topological polar surface area (TPSA) is 72.5 Å². The van der Waals surface area contributed by atoms with Gasteiger partial charge in [0.05, 0.1) is 14.2 Å². The molecule has 0 atom stereocenters. The third-order valence-corrected chi connectivity index (χ3v) is 3.43. The Balaban J connectivity index is 2.04. The van der Waals surface area contributed by atoms with Gasteiger partial charge in [0.15, 0.2) is 11.5 Å². The van der Waals surface area contributed by atoms with Gasteiger partial charge in [0.25, 0.3) is 5.91 Å². The van der Waals surface area contributed by atoms with Crippen LogP contribution in [-0.2, 0) is 6.54 Å². The summed E-state index contributed by atoms with van der Waals surface area (Å²) in [7, 11) is 3.17. The maximum absolute atomic E-state index is 12.4. The van der Waals surface area contributed by atoms with Crippen LogP contribution in [0.15, 0.2) is 36.5 Å². The largest absolute Gasteiger partial charge is 0.493 e. The molecule has 0 aliphatic carbocycles. The lowest BCUT2D eigenvalue weighted by Crippen LogP contribution is -2.27. The standard InChI is InChI=1S/C19H25N3O3/c1-19(2,3)22-17-11-14(8-9-20-17)18(23)21-12-13-6-7-15(24-4)16(10-13)25-5/h6-11H,12H2,1-5H3,(H,20,22)(H,21,23). The van der Waals surface area contributed by atoms with Gasteiger partial charge in [-0.2, -0.15) is 0 Å². The van der Waals surface area contributed by atoms with E-state index in [2.05, 4.69) is 15.6 Å². The van der Waals surface area contributed by atoms with Gasteiger partial charge in [0.2, 0.25) is 0 Å². The van der Waals surface area contributed by atoms with Crippen LogP contribution in [0.4, 0.5) is 5.82 Å². The van der Waals surface area contributed by atoms with E-state index in [4.69, 9.17) is 9.47 Å². The van der Waals surface area contributed by atoms with Crippen LogP contribution in [0.25, 0.3) is 0 Å². The Kier molecular flexibility index (Phi) is 5.85. The van der Waals surface area contributed by atoms with Gasteiger partial charge in [0, 0.05) is 23.8 Å². The van der Waals surface area contributed by atoms with Crippen LogP contribution in [0.1, 0.15) is 36.7 Å². The number of aromatic nitrogens is 1. The molecule has 1 aromatic carbocycles. The normalized spacial score (nSPS) is 10.9. The van der Waals surface area contributed by atoms with Gasteiger partial charge in [-0.15, -0.1) is 0 Å². The zero-order valence-electron chi connectivity index (χ0n) is 15.3. The Labute approximate surface area is 148 Å². The van der Waals surface area contributed by atoms with E-state index < -0.39 is 0 Å². The number of anilines is 1. The van der Waals surface area contributed by atoms with Crippen LogP contribution >= 0.6 is 0 Å². The summed E-state index contributed by atoms with van der Waals surface area (Å²) in [5.41, 5.74) is 1.36. The quantitative estimate of drug-likeness (QED) is 0.842. The summed E-state index contributed by atoms with van der Waals surface area (Å²) in [6.45, 7) is 6.51. The van der Waals surface area contributed by atoms with Crippen LogP contribution in [0.3, 0.4) is 0 Å². The predicted molar refractivity (Wildman–Crippen MR) is 98.3 cm³/mol. The number of rotatable bonds is 6. The molecule has 0 spiro atoms. The summed E-state index contributed by atoms with van der Waals surface area (Å²) >= 11 is 0. The molecule has 2 aromatic rings. The average molecular weight is 343 g/mol. The zero-order chi connectivity index (χ0) is 18.4. The van der Waals surface area contributed by atoms with Crippen molar-refractivity contribution in [2.45, 2.75) is 32.9 Å². The third kappa shape index (κ3) is 5.38. The fraction of sp³-hybridized carbons (Fsp3) is 0.368. The van der Waals surface area contributed by atoms with Crippen LogP contribution in [0.2, 0.25) is 0 Å². The van der Waals surface area contributed by atoms with Crippen molar-refractivity contribution < 1.29 is 14.3 Å². The molecule has 134 valence electrons. The first-order chi connectivity index (χ1) is 11.8. The average Bonchev–Trinajstić information content (AvgIpc) is 2.58. The van der Waals surface area contributed by atoms with Crippen molar-refractivity contribution in [2.24, 2.45) is 0 Å². The number of amides is 1. The summed E-state index contributed by atoms with van der Waals surface area (Å²) < 4.78 is 10.5. The second-order valence-corrected chi connectivity index (χ2v) is 6.68. The number of hydrogen-bond acceptors (Lipinski definition) is 5. The minimum Gasteiger partial charge on any atom is -0.493 e. The molecule has 1 amide bonds. The van der Waals surface area contributed by atoms with Crippen molar-refractivity contribution in [3.63, 3.8) is 0 Å². The molecule has 6 heteroatoms. The molecule has 0 saturated heterocycles. The third-order valence-electron chi connectivity index (χ3n) is 3.43. The summed E-state index contributed by atoms with van der Waals surface area (Å²) in [5.74, 6) is 1.81. The number of pyridine rings is 1. The molecule has 2 rings (SSSR count). The van der Waals surface area contributed by atoms with Crippen molar-refractivity contribution in [3.8, 4) is 11.5 Å². The Morgan fingerprint density at radius 2 is 1.80 bits per heavy atom. The van der Waals surface area contributed by atoms with Gasteiger partial charge in [-0.1, -0.05) is 6.07 Å². The SMILES string of the molecule is COc1ccc(CNC(=O)c2ccnc(NC(C)(C)C)c2)cc1OC. The molecule has 25 heavy (non-hydrogen) atoms. The van der Waals surface area contributed by atoms with Gasteiger partial charge in [-0.25, -0.2) is 4.98 Å². The van der Waals surface area contributed by atoms with Crippen LogP contribution in [0.5, 0.6) is 11.5 Å². The molecular formula is C19H25N3O3. The maximum Gasteiger partial charge on any atom is 0.251 e. The lowest BCUT2D eigenvalue weighted by Gasteiger charge is -2.21. The second kappa shape index (κ2) is 7.88. The van der Waals surface area contributed by atoms with E-state index in [1.54, 1.807) is 32.5 Å². The number of nitrogens with one attached hydrogen (secondary N) is 2. The summed E-state index contributed by atoms with van der Waals surface area (Å²) in [6, 6.07) is 8.99. The zero-order valence-corrected chi connectivity index (χ0v) is 15.3. The fourth-order valence-corrected chi connectivity index (χ4v) is 2.30. The number of ether oxygens (including phenoxy) is 2. The van der Waals surface area contributed by atoms with Crippen molar-refractivity contribution in [2.75, 3.05) is 19.5 Å². The van der Waals surface area contributed by atoms with Crippen LogP contribution < -0.4 is 20.1 Å². The fourth-order valence-electron chi connectivity index (χ4n) is 2.30. The molecule has 0 aliphatic rings. The van der Waals surface area contributed by atoms with E-state index in [9.17, 15) is 4.79 Å². The van der Waals surface area contributed by atoms with Gasteiger partial charge in [-0.05, 0) is 50.6 Å². The van der Waals surface area contributed by atoms with E-state index in [1.807, 2.05) is 39.0 Å². The molecule has 6 nitrogen and oxygen atoms in total. The molecule has 0 bridgehead atoms. The van der Waals surface area contributed by atoms with Crippen molar-refractivity contribution in [1.29, 1.82) is 0 Å². The number of methoxy groups -OCH3 is 2. The number of carbonyl (C=O) groups excluding carboxylic acids is 1. The Hall–Kier alpha value is -2.76. The van der Waals surface area contributed by atoms with Gasteiger partial charge in [-0.3, -0.25) is 4.79 Å². The lowest BCUT2D eigenvalue weighted by molar-refractivity contribution is 0.0950. The monoisotopic (exact) mass is 343 g/mol. The molecular weight excluding hydrogens is 318 g/mol. The van der Waals surface area contributed by atoms with E-state index in [1.165, 1.54) is 0 Å². The minimum absolute atomic E-state index is 0.123. The number of nitrogens with zero attached hydrogens (tertiary/aromatic N) is 1. The highest BCUT2D eigenvalue weighted by Gasteiger charge is 2.13. The highest BCUT2D eigenvalue weighted by atomic mass is 16.5. The van der Waals surface area contributed by atoms with Crippen molar-refractivity contribution in [3.05, 3.63) is 47.7 Å². The van der Waals surface area contributed by atoms with E-state index >= 15 is 0 Å².